The molecule has 5 nitrogen and oxygen atoms in total. The normalized spacial score (nSPS) is 10.7. The number of hydrogen-bond donors (Lipinski definition) is 2. The molecule has 0 unspecified atom stereocenters. The Morgan fingerprint density at radius 1 is 1.04 bits per heavy atom. The van der Waals surface area contributed by atoms with Gasteiger partial charge in [-0.15, -0.1) is 0 Å². The van der Waals surface area contributed by atoms with Gasteiger partial charge in [0.25, 0.3) is 5.91 Å². The predicted molar refractivity (Wildman–Crippen MR) is 113 cm³/mol. The molecule has 0 saturated carbocycles. The van der Waals surface area contributed by atoms with Gasteiger partial charge in [0.15, 0.2) is 0 Å². The maximum atomic E-state index is 12.5. The second-order valence-corrected chi connectivity index (χ2v) is 7.08. The lowest BCUT2D eigenvalue weighted by molar-refractivity contribution is 0.0949. The molecule has 2 aromatic carbocycles. The summed E-state index contributed by atoms with van der Waals surface area (Å²) in [5, 5.41) is 6.22. The van der Waals surface area contributed by atoms with Gasteiger partial charge in [0.05, 0.1) is 0 Å². The molecule has 1 aromatic heterocycles. The third-order valence-electron chi connectivity index (χ3n) is 4.59. The van der Waals surface area contributed by atoms with Gasteiger partial charge < -0.3 is 10.6 Å². The van der Waals surface area contributed by atoms with Gasteiger partial charge in [0.2, 0.25) is 5.95 Å². The summed E-state index contributed by atoms with van der Waals surface area (Å²) in [6.45, 7) is 6.91. The molecule has 0 aliphatic carbocycles. The van der Waals surface area contributed by atoms with Crippen LogP contribution in [0.4, 0.5) is 11.6 Å². The average Bonchev–Trinajstić information content (AvgIpc) is 2.70. The zero-order chi connectivity index (χ0) is 19.9. The van der Waals surface area contributed by atoms with E-state index >= 15 is 0 Å². The van der Waals surface area contributed by atoms with E-state index in [2.05, 4.69) is 40.5 Å². The summed E-state index contributed by atoms with van der Waals surface area (Å²) in [6, 6.07) is 17.9. The molecule has 0 fully saturated rings. The lowest BCUT2D eigenvalue weighted by Gasteiger charge is -2.16. The van der Waals surface area contributed by atoms with Gasteiger partial charge in [0.1, 0.15) is 5.69 Å². The van der Waals surface area contributed by atoms with E-state index in [4.69, 9.17) is 0 Å². The van der Waals surface area contributed by atoms with E-state index in [1.54, 1.807) is 12.3 Å². The van der Waals surface area contributed by atoms with Crippen LogP contribution in [0.15, 0.2) is 60.8 Å². The molecule has 1 heterocycles. The maximum Gasteiger partial charge on any atom is 0.270 e. The number of carbonyl (C=O) groups excluding carboxylic acids is 1. The van der Waals surface area contributed by atoms with E-state index in [-0.39, 0.29) is 5.91 Å². The molecule has 0 aliphatic heterocycles. The number of anilines is 2. The largest absolute Gasteiger partial charge is 0.350 e. The van der Waals surface area contributed by atoms with E-state index in [0.717, 1.165) is 17.7 Å². The average molecular weight is 374 g/mol. The topological polar surface area (TPSA) is 66.9 Å². The van der Waals surface area contributed by atoms with Gasteiger partial charge in [-0.25, -0.2) is 9.97 Å². The van der Waals surface area contributed by atoms with Crippen LogP contribution in [0.2, 0.25) is 0 Å². The fourth-order valence-corrected chi connectivity index (χ4v) is 3.06. The van der Waals surface area contributed by atoms with Crippen LogP contribution in [0.5, 0.6) is 0 Å². The minimum Gasteiger partial charge on any atom is -0.350 e. The highest BCUT2D eigenvalue weighted by molar-refractivity contribution is 5.92. The van der Waals surface area contributed by atoms with Crippen molar-refractivity contribution in [1.29, 1.82) is 0 Å². The minimum atomic E-state index is -0.199. The van der Waals surface area contributed by atoms with Gasteiger partial charge in [-0.3, -0.25) is 4.79 Å². The Labute approximate surface area is 166 Å². The first-order valence-electron chi connectivity index (χ1n) is 9.56. The molecule has 3 rings (SSSR count). The Kier molecular flexibility index (Phi) is 6.37. The third-order valence-corrected chi connectivity index (χ3v) is 4.59. The third kappa shape index (κ3) is 4.94. The van der Waals surface area contributed by atoms with Crippen molar-refractivity contribution in [3.63, 3.8) is 0 Å². The summed E-state index contributed by atoms with van der Waals surface area (Å²) in [7, 11) is 0. The molecule has 0 atom stereocenters. The van der Waals surface area contributed by atoms with Crippen LogP contribution in [0.25, 0.3) is 0 Å². The standard InChI is InChI=1S/C23H26N4O/c1-16(2)19-11-7-8-17(3)21(19)27-23-25-15-13-20(26-23)22(28)24-14-12-18-9-5-4-6-10-18/h4-11,13,15-16H,12,14H2,1-3H3,(H,24,28)(H,25,26,27). The number of nitrogens with zero attached hydrogens (tertiary/aromatic N) is 2. The molecule has 3 aromatic rings. The van der Waals surface area contributed by atoms with Gasteiger partial charge in [-0.05, 0) is 42.0 Å². The highest BCUT2D eigenvalue weighted by Gasteiger charge is 2.12. The van der Waals surface area contributed by atoms with Crippen molar-refractivity contribution in [2.24, 2.45) is 0 Å². The monoisotopic (exact) mass is 374 g/mol. The summed E-state index contributed by atoms with van der Waals surface area (Å²) in [4.78, 5) is 21.1. The van der Waals surface area contributed by atoms with Crippen molar-refractivity contribution in [3.8, 4) is 0 Å². The molecule has 2 N–H and O–H groups in total. The fourth-order valence-electron chi connectivity index (χ4n) is 3.06. The molecular formula is C23H26N4O. The Hall–Kier alpha value is -3.21. The predicted octanol–water partition coefficient (Wildman–Crippen LogP) is 4.62. The molecule has 28 heavy (non-hydrogen) atoms. The molecule has 0 aliphatic rings. The van der Waals surface area contributed by atoms with Crippen LogP contribution in [0.3, 0.4) is 0 Å². The lowest BCUT2D eigenvalue weighted by Crippen LogP contribution is -2.26. The zero-order valence-corrected chi connectivity index (χ0v) is 16.6. The summed E-state index contributed by atoms with van der Waals surface area (Å²) < 4.78 is 0. The number of aromatic nitrogens is 2. The summed E-state index contributed by atoms with van der Waals surface area (Å²) >= 11 is 0. The number of aryl methyl sites for hydroxylation is 1. The van der Waals surface area contributed by atoms with Gasteiger partial charge in [0, 0.05) is 18.4 Å². The fraction of sp³-hybridized carbons (Fsp3) is 0.261. The van der Waals surface area contributed by atoms with Gasteiger partial charge in [-0.1, -0.05) is 62.4 Å². The summed E-state index contributed by atoms with van der Waals surface area (Å²) in [5.41, 5.74) is 4.85. The van der Waals surface area contributed by atoms with Crippen molar-refractivity contribution in [3.05, 3.63) is 83.2 Å². The van der Waals surface area contributed by atoms with Crippen LogP contribution < -0.4 is 10.6 Å². The van der Waals surface area contributed by atoms with Crippen LogP contribution >= 0.6 is 0 Å². The molecule has 1 amide bonds. The maximum absolute atomic E-state index is 12.5. The summed E-state index contributed by atoms with van der Waals surface area (Å²) in [5.74, 6) is 0.592. The smallest absolute Gasteiger partial charge is 0.270 e. The molecule has 0 radical (unpaired) electrons. The van der Waals surface area contributed by atoms with Crippen molar-refractivity contribution >= 4 is 17.5 Å². The van der Waals surface area contributed by atoms with Gasteiger partial charge in [-0.2, -0.15) is 0 Å². The molecule has 0 saturated heterocycles. The van der Waals surface area contributed by atoms with Crippen molar-refractivity contribution in [2.75, 3.05) is 11.9 Å². The highest BCUT2D eigenvalue weighted by Crippen LogP contribution is 2.29. The van der Waals surface area contributed by atoms with E-state index in [9.17, 15) is 4.79 Å². The van der Waals surface area contributed by atoms with Crippen LogP contribution in [0.1, 0.15) is 46.9 Å². The molecule has 0 bridgehead atoms. The minimum absolute atomic E-state index is 0.199. The second kappa shape index (κ2) is 9.13. The van der Waals surface area contributed by atoms with Crippen LogP contribution in [0, 0.1) is 6.92 Å². The number of amides is 1. The van der Waals surface area contributed by atoms with E-state index in [0.29, 0.717) is 24.1 Å². The number of rotatable bonds is 7. The van der Waals surface area contributed by atoms with E-state index in [1.165, 1.54) is 11.1 Å². The zero-order valence-electron chi connectivity index (χ0n) is 16.6. The Balaban J connectivity index is 1.68. The first kappa shape index (κ1) is 19.5. The van der Waals surface area contributed by atoms with E-state index < -0.39 is 0 Å². The highest BCUT2D eigenvalue weighted by atomic mass is 16.1. The Bertz CT molecular complexity index is 938. The van der Waals surface area contributed by atoms with E-state index in [1.807, 2.05) is 49.4 Å². The molecule has 144 valence electrons. The number of hydrogen-bond acceptors (Lipinski definition) is 4. The number of nitrogens with one attached hydrogen (secondary N) is 2. The molecule has 0 spiro atoms. The Morgan fingerprint density at radius 2 is 1.82 bits per heavy atom. The number of para-hydroxylation sites is 1. The molecular weight excluding hydrogens is 348 g/mol. The lowest BCUT2D eigenvalue weighted by atomic mass is 9.98. The van der Waals surface area contributed by atoms with Crippen molar-refractivity contribution < 1.29 is 4.79 Å². The second-order valence-electron chi connectivity index (χ2n) is 7.08. The van der Waals surface area contributed by atoms with Crippen molar-refractivity contribution in [2.45, 2.75) is 33.1 Å². The van der Waals surface area contributed by atoms with Crippen LogP contribution in [-0.2, 0) is 6.42 Å². The first-order valence-corrected chi connectivity index (χ1v) is 9.56. The quantitative estimate of drug-likeness (QED) is 0.633. The SMILES string of the molecule is Cc1cccc(C(C)C)c1Nc1nccc(C(=O)NCCc2ccccc2)n1. The Morgan fingerprint density at radius 3 is 2.57 bits per heavy atom. The first-order chi connectivity index (χ1) is 13.5. The van der Waals surface area contributed by atoms with Crippen molar-refractivity contribution in [1.82, 2.24) is 15.3 Å². The number of carbonyl (C=O) groups is 1. The summed E-state index contributed by atoms with van der Waals surface area (Å²) in [6.07, 6.45) is 2.39. The van der Waals surface area contributed by atoms with Gasteiger partial charge >= 0.3 is 0 Å². The molecule has 5 heteroatoms. The number of benzene rings is 2. The van der Waals surface area contributed by atoms with Crippen LogP contribution in [-0.4, -0.2) is 22.4 Å².